The van der Waals surface area contributed by atoms with Crippen LogP contribution in [0.2, 0.25) is 0 Å². The Morgan fingerprint density at radius 3 is 2.12 bits per heavy atom. The maximum Gasteiger partial charge on any atom is 0.290 e. The Kier molecular flexibility index (Phi) is 12.8. The van der Waals surface area contributed by atoms with Crippen LogP contribution in [0.4, 0.5) is 0 Å². The van der Waals surface area contributed by atoms with E-state index in [2.05, 4.69) is 26.2 Å². The Hall–Kier alpha value is -3.80. The highest BCUT2D eigenvalue weighted by molar-refractivity contribution is 6.38. The minimum atomic E-state index is -1.17. The van der Waals surface area contributed by atoms with Crippen molar-refractivity contribution in [3.05, 3.63) is 35.9 Å². The van der Waals surface area contributed by atoms with Gasteiger partial charge in [-0.15, -0.1) is 0 Å². The molecule has 1 heterocycles. The van der Waals surface area contributed by atoms with E-state index in [1.165, 1.54) is 6.92 Å². The van der Waals surface area contributed by atoms with Crippen LogP contribution in [-0.2, 0) is 24.0 Å². The van der Waals surface area contributed by atoms with Crippen molar-refractivity contribution >= 4 is 35.3 Å². The lowest BCUT2D eigenvalue weighted by Gasteiger charge is -2.31. The number of nitrogens with one attached hydrogen (secondary N) is 4. The van der Waals surface area contributed by atoms with E-state index in [0.717, 1.165) is 13.0 Å². The molecule has 1 aromatic carbocycles. The van der Waals surface area contributed by atoms with Crippen molar-refractivity contribution in [1.29, 1.82) is 0 Å². The molecule has 0 saturated carbocycles. The zero-order chi connectivity index (χ0) is 32.5. The normalized spacial score (nSPS) is 17.2. The monoisotopic (exact) mass is 600 g/mol. The predicted octanol–water partition coefficient (Wildman–Crippen LogP) is 0.572. The van der Waals surface area contributed by atoms with E-state index in [4.69, 9.17) is 0 Å². The first-order valence-electron chi connectivity index (χ1n) is 14.7. The number of nitrogens with zero attached hydrogens (tertiary/aromatic N) is 2. The first-order valence-corrected chi connectivity index (χ1v) is 14.7. The number of hydrogen-bond donors (Lipinski definition) is 4. The molecule has 1 saturated heterocycles. The second kappa shape index (κ2) is 15.6. The molecule has 1 fully saturated rings. The third-order valence-corrected chi connectivity index (χ3v) is 7.32. The Balaban J connectivity index is 1.96. The fourth-order valence-electron chi connectivity index (χ4n) is 4.88. The molecule has 4 atom stereocenters. The fraction of sp³-hybridized carbons (Fsp3) is 0.613. The smallest absolute Gasteiger partial charge is 0.290 e. The van der Waals surface area contributed by atoms with E-state index < -0.39 is 58.9 Å². The number of benzene rings is 1. The molecule has 0 aromatic heterocycles. The first kappa shape index (κ1) is 35.4. The van der Waals surface area contributed by atoms with E-state index in [9.17, 15) is 28.8 Å². The summed E-state index contributed by atoms with van der Waals surface area (Å²) in [6, 6.07) is 5.26. The number of likely N-dealkylation sites (tertiary alicyclic amines) is 1. The van der Waals surface area contributed by atoms with Gasteiger partial charge in [-0.1, -0.05) is 52.8 Å². The van der Waals surface area contributed by atoms with Crippen LogP contribution in [0.5, 0.6) is 0 Å². The molecule has 2 rings (SSSR count). The number of rotatable bonds is 13. The summed E-state index contributed by atoms with van der Waals surface area (Å²) < 4.78 is 0. The molecule has 0 bridgehead atoms. The third kappa shape index (κ3) is 10.8. The number of hydrogen-bond acceptors (Lipinski definition) is 7. The molecule has 12 heteroatoms. The lowest BCUT2D eigenvalue weighted by Crippen LogP contribution is -2.59. The van der Waals surface area contributed by atoms with Crippen molar-refractivity contribution in [2.75, 3.05) is 40.3 Å². The van der Waals surface area contributed by atoms with Gasteiger partial charge in [-0.2, -0.15) is 0 Å². The summed E-state index contributed by atoms with van der Waals surface area (Å²) in [5, 5.41) is 10.3. The van der Waals surface area contributed by atoms with Crippen LogP contribution in [0.3, 0.4) is 0 Å². The number of carbonyl (C=O) groups excluding carboxylic acids is 6. The zero-order valence-corrected chi connectivity index (χ0v) is 26.7. The molecule has 12 nitrogen and oxygen atoms in total. The molecule has 5 amide bonds. The molecule has 43 heavy (non-hydrogen) atoms. The van der Waals surface area contributed by atoms with Gasteiger partial charge in [-0.25, -0.2) is 0 Å². The topological polar surface area (TPSA) is 157 Å². The van der Waals surface area contributed by atoms with Gasteiger partial charge in [0.05, 0.1) is 12.6 Å². The summed E-state index contributed by atoms with van der Waals surface area (Å²) in [6.45, 7) is 11.9. The van der Waals surface area contributed by atoms with Crippen LogP contribution in [0.15, 0.2) is 30.3 Å². The molecule has 1 aromatic rings. The van der Waals surface area contributed by atoms with Crippen LogP contribution in [0.1, 0.15) is 58.3 Å². The van der Waals surface area contributed by atoms with Gasteiger partial charge >= 0.3 is 0 Å². The second-order valence-electron chi connectivity index (χ2n) is 12.9. The largest absolute Gasteiger partial charge is 0.344 e. The predicted molar refractivity (Wildman–Crippen MR) is 163 cm³/mol. The minimum Gasteiger partial charge on any atom is -0.344 e. The SMILES string of the molecule is CC(NC(=O)C(NC(=O)c1ccccc1)C(C)(C)C)C(=O)NC(C(=O)C(=O)NCC(=O)N1CCC(CN(C)C)C1)C(C)C. The molecule has 4 N–H and O–H groups in total. The van der Waals surface area contributed by atoms with Gasteiger partial charge in [-0.3, -0.25) is 28.8 Å². The quantitative estimate of drug-likeness (QED) is 0.241. The van der Waals surface area contributed by atoms with Crippen LogP contribution < -0.4 is 21.3 Å². The maximum atomic E-state index is 13.2. The minimum absolute atomic E-state index is 0.267. The fourth-order valence-corrected chi connectivity index (χ4v) is 4.88. The van der Waals surface area contributed by atoms with Crippen molar-refractivity contribution in [2.24, 2.45) is 17.3 Å². The van der Waals surface area contributed by atoms with Crippen LogP contribution in [0, 0.1) is 17.3 Å². The molecule has 0 aliphatic carbocycles. The average molecular weight is 601 g/mol. The van der Waals surface area contributed by atoms with E-state index in [1.54, 1.807) is 69.9 Å². The van der Waals surface area contributed by atoms with Crippen molar-refractivity contribution in [3.63, 3.8) is 0 Å². The van der Waals surface area contributed by atoms with Gasteiger partial charge in [0.1, 0.15) is 12.1 Å². The summed E-state index contributed by atoms with van der Waals surface area (Å²) in [6.07, 6.45) is 0.878. The number of ketones is 1. The molecule has 4 unspecified atom stereocenters. The van der Waals surface area contributed by atoms with E-state index >= 15 is 0 Å². The van der Waals surface area contributed by atoms with Crippen LogP contribution in [0.25, 0.3) is 0 Å². The van der Waals surface area contributed by atoms with Gasteiger partial charge in [0.2, 0.25) is 23.5 Å². The number of Topliss-reactive ketones (excluding diaryl/α,β-unsaturated/α-hetero) is 1. The molecule has 0 spiro atoms. The number of amides is 5. The zero-order valence-electron chi connectivity index (χ0n) is 26.7. The molecule has 238 valence electrons. The number of carbonyl (C=O) groups is 6. The average Bonchev–Trinajstić information content (AvgIpc) is 3.39. The lowest BCUT2D eigenvalue weighted by molar-refractivity contribution is -0.142. The maximum absolute atomic E-state index is 13.2. The highest BCUT2D eigenvalue weighted by Crippen LogP contribution is 2.20. The molecule has 1 aliphatic heterocycles. The standard InChI is InChI=1S/C31H48N6O6/c1-19(2)24(25(39)29(42)32-16-23(38)37-15-14-21(18-37)17-36(7)8)34-27(40)20(3)33-30(43)26(31(4,5)6)35-28(41)22-12-10-9-11-13-22/h9-13,19-21,24,26H,14-18H2,1-8H3,(H,32,42)(H,33,43)(H,34,40)(H,35,41). The van der Waals surface area contributed by atoms with Gasteiger partial charge in [-0.05, 0) is 56.8 Å². The van der Waals surface area contributed by atoms with Crippen molar-refractivity contribution in [2.45, 2.75) is 66.1 Å². The van der Waals surface area contributed by atoms with E-state index in [-0.39, 0.29) is 12.5 Å². The third-order valence-electron chi connectivity index (χ3n) is 7.32. The lowest BCUT2D eigenvalue weighted by atomic mass is 9.85. The Morgan fingerprint density at radius 1 is 0.930 bits per heavy atom. The Bertz CT molecular complexity index is 1160. The van der Waals surface area contributed by atoms with Crippen molar-refractivity contribution < 1.29 is 28.8 Å². The molecular formula is C31H48N6O6. The van der Waals surface area contributed by atoms with Crippen molar-refractivity contribution in [3.8, 4) is 0 Å². The van der Waals surface area contributed by atoms with E-state index in [1.807, 2.05) is 14.1 Å². The Morgan fingerprint density at radius 2 is 1.56 bits per heavy atom. The van der Waals surface area contributed by atoms with Gasteiger partial charge in [0, 0.05) is 25.2 Å². The van der Waals surface area contributed by atoms with Crippen LogP contribution in [-0.4, -0.2) is 104 Å². The first-order chi connectivity index (χ1) is 20.0. The van der Waals surface area contributed by atoms with Gasteiger partial charge < -0.3 is 31.1 Å². The summed E-state index contributed by atoms with van der Waals surface area (Å²) in [7, 11) is 3.95. The highest BCUT2D eigenvalue weighted by atomic mass is 16.2. The van der Waals surface area contributed by atoms with E-state index in [0.29, 0.717) is 24.6 Å². The molecule has 1 aliphatic rings. The summed E-state index contributed by atoms with van der Waals surface area (Å²) in [5.74, 6) is -3.88. The summed E-state index contributed by atoms with van der Waals surface area (Å²) in [4.78, 5) is 80.9. The molecule has 0 radical (unpaired) electrons. The molecular weight excluding hydrogens is 552 g/mol. The van der Waals surface area contributed by atoms with Gasteiger partial charge in [0.25, 0.3) is 11.8 Å². The van der Waals surface area contributed by atoms with Crippen molar-refractivity contribution in [1.82, 2.24) is 31.1 Å². The van der Waals surface area contributed by atoms with Crippen LogP contribution >= 0.6 is 0 Å². The second-order valence-corrected chi connectivity index (χ2v) is 12.9. The Labute approximate surface area is 254 Å². The summed E-state index contributed by atoms with van der Waals surface area (Å²) in [5.41, 5.74) is -0.290. The van der Waals surface area contributed by atoms with Gasteiger partial charge in [0.15, 0.2) is 0 Å². The summed E-state index contributed by atoms with van der Waals surface area (Å²) >= 11 is 0. The highest BCUT2D eigenvalue weighted by Gasteiger charge is 2.36.